The van der Waals surface area contributed by atoms with Gasteiger partial charge < -0.3 is 57.2 Å². The van der Waals surface area contributed by atoms with Gasteiger partial charge in [0.25, 0.3) is 0 Å². The van der Waals surface area contributed by atoms with Crippen molar-refractivity contribution in [3.63, 3.8) is 0 Å². The van der Waals surface area contributed by atoms with E-state index in [4.69, 9.17) is 52.1 Å². The van der Waals surface area contributed by atoms with Gasteiger partial charge in [-0.1, -0.05) is 0 Å². The normalized spacial score (nSPS) is 50.6. The van der Waals surface area contributed by atoms with E-state index in [9.17, 15) is 15.6 Å². The number of rotatable bonds is 7. The van der Waals surface area contributed by atoms with Crippen molar-refractivity contribution in [3.05, 3.63) is 0 Å². The summed E-state index contributed by atoms with van der Waals surface area (Å²) in [6, 6.07) is 4.79. The molecule has 7 aliphatic rings. The summed E-state index contributed by atoms with van der Waals surface area (Å²) in [5, 5.41) is 39.3. The topological polar surface area (TPSA) is 193 Å². The van der Waals surface area contributed by atoms with Crippen LogP contribution in [0.1, 0.15) is 55.4 Å². The Kier molecular flexibility index (Phi) is 7.67. The minimum absolute atomic E-state index is 0.0299. The van der Waals surface area contributed by atoms with E-state index in [0.717, 1.165) is 0 Å². The average Bonchev–Trinajstić information content (AvgIpc) is 3.78. The van der Waals surface area contributed by atoms with Crippen LogP contribution in [0.4, 0.5) is 0 Å². The van der Waals surface area contributed by atoms with E-state index in [1.165, 1.54) is 0 Å². The fraction of sp³-hybridized carbons (Fsp3) is 0.933. The van der Waals surface area contributed by atoms with Crippen LogP contribution in [0, 0.1) is 22.7 Å². The lowest BCUT2D eigenvalue weighted by Crippen LogP contribution is -2.67. The highest BCUT2D eigenvalue weighted by Crippen LogP contribution is 2.48. The summed E-state index contributed by atoms with van der Waals surface area (Å²) in [6.07, 6.45) is -9.04. The molecule has 0 aliphatic carbocycles. The Labute approximate surface area is 267 Å². The van der Waals surface area contributed by atoms with Gasteiger partial charge in [-0.25, -0.2) is 0 Å². The second kappa shape index (κ2) is 10.7. The molecule has 0 amide bonds. The van der Waals surface area contributed by atoms with Gasteiger partial charge in [0.1, 0.15) is 48.8 Å². The zero-order valence-corrected chi connectivity index (χ0v) is 27.3. The number of nitrogens with one attached hydrogen (secondary N) is 2. The molecule has 13 atom stereocenters. The smallest absolute Gasteiger partial charge is 0.190 e. The molecule has 0 aromatic rings. The largest absolute Gasteiger partial charge is 0.387 e. The van der Waals surface area contributed by atoms with Crippen LogP contribution in [0.2, 0.25) is 0 Å². The quantitative estimate of drug-likeness (QED) is 0.328. The highest BCUT2D eigenvalue weighted by molar-refractivity contribution is 5.27. The van der Waals surface area contributed by atoms with E-state index in [1.54, 1.807) is 55.4 Å². The third kappa shape index (κ3) is 5.28. The van der Waals surface area contributed by atoms with Gasteiger partial charge in [-0.05, 0) is 55.4 Å². The van der Waals surface area contributed by atoms with E-state index in [1.807, 2.05) is 0 Å². The SMILES string of the molecule is CC1(C)OCC([C@H]2O[C@@H]3OC(C)(C)O[C@@H]3[C@]2(C#N)NC[C@H]2O[C@@H]3OC(C)(C)O[C@@H]3[C@]2(C#N)NC[C@H]2O[C@@H]3OC(C)(C)O[C@@H]3[C@H]2O)O1. The van der Waals surface area contributed by atoms with Crippen molar-refractivity contribution < 1.29 is 57.2 Å². The van der Waals surface area contributed by atoms with Crippen molar-refractivity contribution in [2.45, 2.75) is 157 Å². The second-order valence-electron chi connectivity index (χ2n) is 14.8. The van der Waals surface area contributed by atoms with Crippen LogP contribution in [0.5, 0.6) is 0 Å². The highest BCUT2D eigenvalue weighted by Gasteiger charge is 2.69. The van der Waals surface area contributed by atoms with Gasteiger partial charge >= 0.3 is 0 Å². The lowest BCUT2D eigenvalue weighted by atomic mass is 9.84. The molecule has 16 nitrogen and oxygen atoms in total. The van der Waals surface area contributed by atoms with Gasteiger partial charge in [0.15, 0.2) is 53.1 Å². The van der Waals surface area contributed by atoms with E-state index in [2.05, 4.69) is 22.8 Å². The van der Waals surface area contributed by atoms with E-state index < -0.39 is 102 Å². The predicted octanol–water partition coefficient (Wildman–Crippen LogP) is -0.168. The number of aliphatic hydroxyl groups excluding tert-OH is 1. The number of fused-ring (bicyclic) bond motifs is 3. The van der Waals surface area contributed by atoms with Crippen LogP contribution in [-0.2, 0) is 52.1 Å². The summed E-state index contributed by atoms with van der Waals surface area (Å²) in [7, 11) is 0. The summed E-state index contributed by atoms with van der Waals surface area (Å²) >= 11 is 0. The monoisotopic (exact) mass is 652 g/mol. The van der Waals surface area contributed by atoms with E-state index >= 15 is 0 Å². The van der Waals surface area contributed by atoms with Crippen LogP contribution < -0.4 is 10.6 Å². The van der Waals surface area contributed by atoms with Gasteiger partial charge in [-0.15, -0.1) is 0 Å². The number of nitriles is 2. The molecular formula is C30H44N4O12. The molecule has 3 N–H and O–H groups in total. The second-order valence-corrected chi connectivity index (χ2v) is 14.8. The molecule has 1 unspecified atom stereocenters. The number of nitrogens with zero attached hydrogens (tertiary/aromatic N) is 2. The molecule has 0 spiro atoms. The van der Waals surface area contributed by atoms with Crippen LogP contribution >= 0.6 is 0 Å². The lowest BCUT2D eigenvalue weighted by molar-refractivity contribution is -0.228. The number of hydrogen-bond donors (Lipinski definition) is 3. The first-order valence-electron chi connectivity index (χ1n) is 15.8. The van der Waals surface area contributed by atoms with Crippen LogP contribution in [0.25, 0.3) is 0 Å². The fourth-order valence-corrected chi connectivity index (χ4v) is 7.61. The van der Waals surface area contributed by atoms with E-state index in [0.29, 0.717) is 0 Å². The van der Waals surface area contributed by atoms with Crippen molar-refractivity contribution in [1.29, 1.82) is 10.5 Å². The summed E-state index contributed by atoms with van der Waals surface area (Å²) in [6.45, 7) is 14.2. The maximum Gasteiger partial charge on any atom is 0.190 e. The molecule has 7 rings (SSSR count). The third-order valence-corrected chi connectivity index (χ3v) is 9.58. The van der Waals surface area contributed by atoms with Crippen LogP contribution in [0.3, 0.4) is 0 Å². The number of hydrogen-bond acceptors (Lipinski definition) is 16. The summed E-state index contributed by atoms with van der Waals surface area (Å²) in [5.74, 6) is -3.80. The molecule has 7 fully saturated rings. The Morgan fingerprint density at radius 3 is 1.78 bits per heavy atom. The highest BCUT2D eigenvalue weighted by atomic mass is 16.9. The Hall–Kier alpha value is -1.58. The van der Waals surface area contributed by atoms with Crippen molar-refractivity contribution in [2.75, 3.05) is 19.7 Å². The van der Waals surface area contributed by atoms with Crippen molar-refractivity contribution >= 4 is 0 Å². The molecule has 46 heavy (non-hydrogen) atoms. The molecule has 0 saturated carbocycles. The zero-order valence-electron chi connectivity index (χ0n) is 27.3. The lowest BCUT2D eigenvalue weighted by Gasteiger charge is -2.39. The number of ether oxygens (including phenoxy) is 11. The standard InChI is InChI=1S/C30H44N4O12/c1-25(2)36-11-15(40-25)19-30(13-32,21-24(39-19)46-28(7,8)43-21)34-10-16-29(12-31,20-23(38-16)45-27(5,6)42-20)33-9-14-17(35)18-22(37-14)44-26(3,4)41-18/h14-24,33-35H,9-11H2,1-8H3/t14-,15?,16-,17+,18-,19-,20+,21+,22-,23-,24-,29-,30-/m1/s1. The van der Waals surface area contributed by atoms with Gasteiger partial charge in [0, 0.05) is 13.1 Å². The molecule has 256 valence electrons. The Morgan fingerprint density at radius 1 is 0.630 bits per heavy atom. The summed E-state index contributed by atoms with van der Waals surface area (Å²) in [5.41, 5.74) is -2.99. The average molecular weight is 653 g/mol. The molecule has 7 heterocycles. The fourth-order valence-electron chi connectivity index (χ4n) is 7.61. The van der Waals surface area contributed by atoms with Crippen molar-refractivity contribution in [1.82, 2.24) is 10.6 Å². The van der Waals surface area contributed by atoms with Crippen LogP contribution in [-0.4, -0.2) is 127 Å². The zero-order chi connectivity index (χ0) is 33.1. The van der Waals surface area contributed by atoms with Gasteiger partial charge in [0.2, 0.25) is 0 Å². The van der Waals surface area contributed by atoms with E-state index in [-0.39, 0.29) is 19.7 Å². The molecule has 0 aromatic carbocycles. The minimum Gasteiger partial charge on any atom is -0.387 e. The Morgan fingerprint density at radius 2 is 1.20 bits per heavy atom. The van der Waals surface area contributed by atoms with Crippen molar-refractivity contribution in [2.24, 2.45) is 0 Å². The molecule has 16 heteroatoms. The summed E-state index contributed by atoms with van der Waals surface area (Å²) < 4.78 is 66.7. The molecule has 0 aromatic heterocycles. The molecule has 0 radical (unpaired) electrons. The molecule has 0 bridgehead atoms. The van der Waals surface area contributed by atoms with Gasteiger partial charge in [-0.3, -0.25) is 10.6 Å². The Balaban J connectivity index is 1.14. The van der Waals surface area contributed by atoms with Gasteiger partial charge in [-0.2, -0.15) is 10.5 Å². The van der Waals surface area contributed by atoms with Crippen LogP contribution in [0.15, 0.2) is 0 Å². The molecular weight excluding hydrogens is 608 g/mol. The number of aliphatic hydroxyl groups is 1. The Bertz CT molecular complexity index is 1300. The maximum atomic E-state index is 11.0. The third-order valence-electron chi connectivity index (χ3n) is 9.58. The first kappa shape index (κ1) is 32.9. The first-order valence-corrected chi connectivity index (χ1v) is 15.8. The van der Waals surface area contributed by atoms with Gasteiger partial charge in [0.05, 0.1) is 18.7 Å². The predicted molar refractivity (Wildman–Crippen MR) is 150 cm³/mol. The molecule has 7 saturated heterocycles. The van der Waals surface area contributed by atoms with Crippen molar-refractivity contribution in [3.8, 4) is 12.1 Å². The maximum absolute atomic E-state index is 11.0. The first-order chi connectivity index (χ1) is 21.4. The minimum atomic E-state index is -1.50. The summed E-state index contributed by atoms with van der Waals surface area (Å²) in [4.78, 5) is 0. The molecule has 7 aliphatic heterocycles.